The molecule has 0 spiro atoms. The number of halogens is 1. The van der Waals surface area contributed by atoms with Crippen molar-refractivity contribution in [2.75, 3.05) is 5.88 Å². The Hall–Kier alpha value is 0.479. The largest absolute Gasteiger partial charge is 2.00 e. The summed E-state index contributed by atoms with van der Waals surface area (Å²) in [5, 5.41) is 0. The maximum absolute atomic E-state index is 11.5. The molecule has 3 heteroatoms. The molecule has 2 aliphatic carbocycles. The Balaban J connectivity index is 0.000000392. The smallest absolute Gasteiger partial charge is 0.317 e. The van der Waals surface area contributed by atoms with E-state index < -0.39 is 0 Å². The fraction of sp³-hybridized carbons (Fsp3) is 0.812. The molecule has 2 rings (SSSR count). The van der Waals surface area contributed by atoms with Gasteiger partial charge in [-0.25, -0.2) is 0 Å². The molecule has 2 fully saturated rings. The number of hydrogen-bond donors (Lipinski definition) is 0. The Morgan fingerprint density at radius 3 is 2.16 bits per heavy atom. The first kappa shape index (κ1) is 19.5. The second-order valence-electron chi connectivity index (χ2n) is 5.71. The normalized spacial score (nSPS) is 23.6. The molecule has 0 bridgehead atoms. The predicted octanol–water partition coefficient (Wildman–Crippen LogP) is 5.12. The average Bonchev–Trinajstić information content (AvgIpc) is 2.98. The van der Waals surface area contributed by atoms with Crippen molar-refractivity contribution in [1.29, 1.82) is 0 Å². The van der Waals surface area contributed by atoms with Crippen LogP contribution in [0.3, 0.4) is 0 Å². The SMILES string of the molecule is C[C-]1CCCC1.C[C-]1CCCC1C(=O)CCCCl.[Fe+2]. The Bertz CT molecular complexity index is 239. The van der Waals surface area contributed by atoms with Gasteiger partial charge in [0.1, 0.15) is 5.78 Å². The van der Waals surface area contributed by atoms with E-state index in [9.17, 15) is 4.79 Å². The fourth-order valence-electron chi connectivity index (χ4n) is 2.84. The van der Waals surface area contributed by atoms with Gasteiger partial charge in [-0.3, -0.25) is 0 Å². The van der Waals surface area contributed by atoms with E-state index in [1.54, 1.807) is 5.92 Å². The molecule has 19 heavy (non-hydrogen) atoms. The van der Waals surface area contributed by atoms with Crippen LogP contribution in [0.2, 0.25) is 0 Å². The topological polar surface area (TPSA) is 17.1 Å². The van der Waals surface area contributed by atoms with E-state index in [2.05, 4.69) is 13.8 Å². The summed E-state index contributed by atoms with van der Waals surface area (Å²) in [5.74, 6) is 4.38. The van der Waals surface area contributed by atoms with Crippen LogP contribution in [-0.4, -0.2) is 11.7 Å². The monoisotopic (exact) mass is 326 g/mol. The van der Waals surface area contributed by atoms with Gasteiger partial charge in [0.05, 0.1) is 0 Å². The van der Waals surface area contributed by atoms with Gasteiger partial charge in [-0.05, 0) is 6.42 Å². The minimum absolute atomic E-state index is 0. The number of rotatable bonds is 4. The molecule has 1 nitrogen and oxygen atoms in total. The van der Waals surface area contributed by atoms with Crippen LogP contribution < -0.4 is 0 Å². The Morgan fingerprint density at radius 1 is 1.16 bits per heavy atom. The van der Waals surface area contributed by atoms with E-state index >= 15 is 0 Å². The second kappa shape index (κ2) is 11.2. The Morgan fingerprint density at radius 2 is 1.79 bits per heavy atom. The fourth-order valence-corrected chi connectivity index (χ4v) is 2.97. The molecule has 0 amide bonds. The van der Waals surface area contributed by atoms with E-state index in [0.29, 0.717) is 18.1 Å². The standard InChI is InChI=1S/C10H16ClO.C6H11.Fe/c1-8-4-2-5-9(8)10(12)6-3-7-11;1-6-4-2-3-5-6;/h9H,2-7H2,1H3;2-5H2,1H3;/q2*-1;+2. The van der Waals surface area contributed by atoms with Crippen molar-refractivity contribution in [1.82, 2.24) is 0 Å². The Kier molecular flexibility index (Phi) is 11.5. The van der Waals surface area contributed by atoms with Gasteiger partial charge >= 0.3 is 17.1 Å². The first-order chi connectivity index (χ1) is 8.65. The van der Waals surface area contributed by atoms with Gasteiger partial charge in [-0.15, -0.1) is 17.5 Å². The number of alkyl halides is 1. The van der Waals surface area contributed by atoms with Gasteiger partial charge in [0.25, 0.3) is 0 Å². The number of hydrogen-bond acceptors (Lipinski definition) is 1. The summed E-state index contributed by atoms with van der Waals surface area (Å²) in [7, 11) is 0. The third kappa shape index (κ3) is 7.73. The summed E-state index contributed by atoms with van der Waals surface area (Å²) in [6, 6.07) is 0. The van der Waals surface area contributed by atoms with Crippen molar-refractivity contribution in [3.63, 3.8) is 0 Å². The van der Waals surface area contributed by atoms with Gasteiger partial charge in [0.15, 0.2) is 0 Å². The van der Waals surface area contributed by atoms with Crippen molar-refractivity contribution in [3.05, 3.63) is 11.8 Å². The molecule has 0 aromatic heterocycles. The molecule has 2 aliphatic rings. The van der Waals surface area contributed by atoms with Crippen LogP contribution in [0.25, 0.3) is 0 Å². The summed E-state index contributed by atoms with van der Waals surface area (Å²) in [6.07, 6.45) is 10.6. The summed E-state index contributed by atoms with van der Waals surface area (Å²) in [5.41, 5.74) is 0. The van der Waals surface area contributed by atoms with Gasteiger partial charge in [-0.1, -0.05) is 25.7 Å². The number of carbonyl (C=O) groups is 1. The first-order valence-corrected chi connectivity index (χ1v) is 7.91. The molecule has 0 aliphatic heterocycles. The average molecular weight is 327 g/mol. The van der Waals surface area contributed by atoms with E-state index in [0.717, 1.165) is 19.3 Å². The van der Waals surface area contributed by atoms with E-state index in [1.807, 2.05) is 0 Å². The molecule has 0 radical (unpaired) electrons. The zero-order valence-electron chi connectivity index (χ0n) is 12.3. The molecule has 0 saturated heterocycles. The van der Waals surface area contributed by atoms with Gasteiger partial charge in [0.2, 0.25) is 0 Å². The van der Waals surface area contributed by atoms with Crippen LogP contribution in [0, 0.1) is 17.8 Å². The van der Waals surface area contributed by atoms with E-state index in [4.69, 9.17) is 11.6 Å². The Labute approximate surface area is 134 Å². The van der Waals surface area contributed by atoms with Crippen LogP contribution in [0.15, 0.2) is 0 Å². The van der Waals surface area contributed by atoms with Crippen molar-refractivity contribution >= 4 is 17.4 Å². The van der Waals surface area contributed by atoms with Crippen LogP contribution in [0.5, 0.6) is 0 Å². The maximum atomic E-state index is 11.5. The maximum Gasteiger partial charge on any atom is 2.00 e. The second-order valence-corrected chi connectivity index (χ2v) is 6.09. The summed E-state index contributed by atoms with van der Waals surface area (Å²) in [4.78, 5) is 11.5. The third-order valence-corrected chi connectivity index (χ3v) is 4.33. The van der Waals surface area contributed by atoms with Crippen LogP contribution >= 0.6 is 11.6 Å². The molecular formula is C16H27ClFeO. The van der Waals surface area contributed by atoms with Gasteiger partial charge in [0, 0.05) is 12.3 Å². The van der Waals surface area contributed by atoms with Crippen LogP contribution in [0.4, 0.5) is 0 Å². The van der Waals surface area contributed by atoms with E-state index in [1.165, 1.54) is 38.0 Å². The molecule has 0 aromatic rings. The summed E-state index contributed by atoms with van der Waals surface area (Å²) < 4.78 is 0. The summed E-state index contributed by atoms with van der Waals surface area (Å²) in [6.45, 7) is 4.36. The van der Waals surface area contributed by atoms with Gasteiger partial charge in [-0.2, -0.15) is 33.1 Å². The minimum atomic E-state index is 0. The number of ketones is 1. The van der Waals surface area contributed by atoms with Crippen molar-refractivity contribution in [3.8, 4) is 0 Å². The van der Waals surface area contributed by atoms with Gasteiger partial charge < -0.3 is 16.6 Å². The molecule has 1 unspecified atom stereocenters. The molecule has 1 atom stereocenters. The number of Topliss-reactive ketones (excluding diaryl/α,β-unsaturated/α-hetero) is 1. The minimum Gasteiger partial charge on any atom is -0.317 e. The third-order valence-electron chi connectivity index (χ3n) is 4.06. The quantitative estimate of drug-likeness (QED) is 0.398. The molecule has 2 saturated carbocycles. The molecular weight excluding hydrogens is 299 g/mol. The van der Waals surface area contributed by atoms with Crippen molar-refractivity contribution < 1.29 is 21.9 Å². The molecule has 112 valence electrons. The van der Waals surface area contributed by atoms with Crippen LogP contribution in [0.1, 0.15) is 71.6 Å². The summed E-state index contributed by atoms with van der Waals surface area (Å²) >= 11 is 5.53. The molecule has 0 aromatic carbocycles. The van der Waals surface area contributed by atoms with E-state index in [-0.39, 0.29) is 23.0 Å². The zero-order chi connectivity index (χ0) is 13.4. The zero-order valence-corrected chi connectivity index (χ0v) is 14.1. The predicted molar refractivity (Wildman–Crippen MR) is 78.6 cm³/mol. The molecule has 0 N–H and O–H groups in total. The van der Waals surface area contributed by atoms with Crippen molar-refractivity contribution in [2.24, 2.45) is 5.92 Å². The van der Waals surface area contributed by atoms with Crippen molar-refractivity contribution in [2.45, 2.75) is 71.6 Å². The molecule has 0 heterocycles. The first-order valence-electron chi connectivity index (χ1n) is 7.37. The van der Waals surface area contributed by atoms with Crippen LogP contribution in [-0.2, 0) is 21.9 Å². The number of carbonyl (C=O) groups excluding carboxylic acids is 1.